The smallest absolute Gasteiger partial charge is 0.264 e. The molecule has 3 aromatic rings. The molecule has 0 unspecified atom stereocenters. The third-order valence-electron chi connectivity index (χ3n) is 4.18. The first-order valence-electron chi connectivity index (χ1n) is 9.08. The molecule has 0 radical (unpaired) electrons. The molecule has 4 nitrogen and oxygen atoms in total. The number of hydrogen-bond acceptors (Lipinski definition) is 4. The fraction of sp³-hybridized carbons (Fsp3) is 0.0435. The molecule has 4 rings (SSSR count). The summed E-state index contributed by atoms with van der Waals surface area (Å²) in [6.45, 7) is 0.279. The van der Waals surface area contributed by atoms with Crippen molar-refractivity contribution in [1.82, 2.24) is 5.32 Å². The van der Waals surface area contributed by atoms with Gasteiger partial charge in [0.1, 0.15) is 18.2 Å². The first-order valence-corrected chi connectivity index (χ1v) is 10.3. The van der Waals surface area contributed by atoms with Crippen LogP contribution in [0.5, 0.6) is 5.75 Å². The highest BCUT2D eigenvalue weighted by atomic mass is 35.5. The standard InChI is InChI=1S/C23H16ClFN2O2S/c24-17-6-8-19(9-7-17)26-23-27-22(28)21(30-23)13-15-4-10-20(11-5-15)29-14-16-2-1-3-18(25)12-16/h1-13H,14H2,(H,26,27,28). The molecule has 1 N–H and O–H groups in total. The largest absolute Gasteiger partial charge is 0.489 e. The molecule has 1 heterocycles. The quantitative estimate of drug-likeness (QED) is 0.501. The minimum atomic E-state index is -0.288. The zero-order chi connectivity index (χ0) is 20.9. The maximum atomic E-state index is 13.2. The van der Waals surface area contributed by atoms with Gasteiger partial charge in [-0.3, -0.25) is 4.79 Å². The molecular weight excluding hydrogens is 423 g/mol. The number of hydrogen-bond donors (Lipinski definition) is 1. The van der Waals surface area contributed by atoms with Gasteiger partial charge in [0.05, 0.1) is 10.6 Å². The average Bonchev–Trinajstić information content (AvgIpc) is 3.08. The van der Waals surface area contributed by atoms with Gasteiger partial charge in [0.15, 0.2) is 5.17 Å². The van der Waals surface area contributed by atoms with Gasteiger partial charge in [0.2, 0.25) is 0 Å². The minimum absolute atomic E-state index is 0.195. The van der Waals surface area contributed by atoms with Crippen molar-refractivity contribution in [2.45, 2.75) is 6.61 Å². The van der Waals surface area contributed by atoms with Gasteiger partial charge in [-0.25, -0.2) is 9.38 Å². The number of halogens is 2. The van der Waals surface area contributed by atoms with Crippen LogP contribution >= 0.6 is 23.4 Å². The first kappa shape index (κ1) is 20.2. The van der Waals surface area contributed by atoms with Gasteiger partial charge in [-0.1, -0.05) is 35.9 Å². The van der Waals surface area contributed by atoms with Gasteiger partial charge in [-0.2, -0.15) is 0 Å². The minimum Gasteiger partial charge on any atom is -0.489 e. The Hall–Kier alpha value is -3.09. The summed E-state index contributed by atoms with van der Waals surface area (Å²) in [6.07, 6.45) is 1.79. The molecular formula is C23H16ClFN2O2S. The van der Waals surface area contributed by atoms with E-state index < -0.39 is 0 Å². The summed E-state index contributed by atoms with van der Waals surface area (Å²) < 4.78 is 18.9. The Kier molecular flexibility index (Phi) is 6.16. The number of nitrogens with one attached hydrogen (secondary N) is 1. The second-order valence-electron chi connectivity index (χ2n) is 6.45. The van der Waals surface area contributed by atoms with Gasteiger partial charge < -0.3 is 10.1 Å². The molecule has 0 aromatic heterocycles. The van der Waals surface area contributed by atoms with Crippen molar-refractivity contribution in [3.8, 4) is 5.75 Å². The third kappa shape index (κ3) is 5.28. The molecule has 0 atom stereocenters. The van der Waals surface area contributed by atoms with E-state index in [1.807, 2.05) is 24.3 Å². The van der Waals surface area contributed by atoms with Gasteiger partial charge in [-0.05, 0) is 77.5 Å². The van der Waals surface area contributed by atoms with E-state index in [9.17, 15) is 9.18 Å². The van der Waals surface area contributed by atoms with Crippen molar-refractivity contribution in [3.05, 3.63) is 99.7 Å². The number of carbonyl (C=O) groups excluding carboxylic acids is 1. The molecule has 30 heavy (non-hydrogen) atoms. The highest BCUT2D eigenvalue weighted by Crippen LogP contribution is 2.29. The van der Waals surface area contributed by atoms with Crippen LogP contribution in [0.2, 0.25) is 5.02 Å². The van der Waals surface area contributed by atoms with Crippen LogP contribution in [0.1, 0.15) is 11.1 Å². The van der Waals surface area contributed by atoms with Gasteiger partial charge in [-0.15, -0.1) is 0 Å². The first-order chi connectivity index (χ1) is 14.5. The molecule has 0 spiro atoms. The summed E-state index contributed by atoms with van der Waals surface area (Å²) >= 11 is 7.15. The fourth-order valence-corrected chi connectivity index (χ4v) is 3.69. The van der Waals surface area contributed by atoms with Crippen molar-refractivity contribution in [2.75, 3.05) is 0 Å². The number of aliphatic imine (C=N–C) groups is 1. The lowest BCUT2D eigenvalue weighted by atomic mass is 10.2. The lowest BCUT2D eigenvalue weighted by Crippen LogP contribution is -2.19. The third-order valence-corrected chi connectivity index (χ3v) is 5.34. The Bertz CT molecular complexity index is 1130. The summed E-state index contributed by atoms with van der Waals surface area (Å²) in [6, 6.07) is 20.7. The Morgan fingerprint density at radius 2 is 1.83 bits per heavy atom. The molecule has 0 bridgehead atoms. The molecule has 1 fully saturated rings. The number of thioether (sulfide) groups is 1. The summed E-state index contributed by atoms with van der Waals surface area (Å²) in [4.78, 5) is 17.2. The Morgan fingerprint density at radius 1 is 1.07 bits per heavy atom. The van der Waals surface area contributed by atoms with Gasteiger partial charge in [0.25, 0.3) is 5.91 Å². The fourth-order valence-electron chi connectivity index (χ4n) is 2.72. The SMILES string of the molecule is O=C1NC(=Nc2ccc(Cl)cc2)SC1=Cc1ccc(OCc2cccc(F)c2)cc1. The second-order valence-corrected chi connectivity index (χ2v) is 7.91. The van der Waals surface area contributed by atoms with E-state index in [2.05, 4.69) is 10.3 Å². The van der Waals surface area contributed by atoms with Crippen LogP contribution in [-0.4, -0.2) is 11.1 Å². The van der Waals surface area contributed by atoms with Crippen molar-refractivity contribution < 1.29 is 13.9 Å². The zero-order valence-corrected chi connectivity index (χ0v) is 17.2. The molecule has 7 heteroatoms. The topological polar surface area (TPSA) is 50.7 Å². The summed E-state index contributed by atoms with van der Waals surface area (Å²) in [5, 5.41) is 3.91. The van der Waals surface area contributed by atoms with E-state index in [-0.39, 0.29) is 18.3 Å². The highest BCUT2D eigenvalue weighted by Gasteiger charge is 2.23. The van der Waals surface area contributed by atoms with Crippen LogP contribution < -0.4 is 10.1 Å². The van der Waals surface area contributed by atoms with Crippen LogP contribution in [0.25, 0.3) is 6.08 Å². The number of carbonyl (C=O) groups is 1. The maximum Gasteiger partial charge on any atom is 0.264 e. The van der Waals surface area contributed by atoms with Crippen LogP contribution in [-0.2, 0) is 11.4 Å². The van der Waals surface area contributed by atoms with E-state index in [0.29, 0.717) is 26.5 Å². The number of amidine groups is 1. The van der Waals surface area contributed by atoms with E-state index in [4.69, 9.17) is 16.3 Å². The molecule has 150 valence electrons. The maximum absolute atomic E-state index is 13.2. The summed E-state index contributed by atoms with van der Waals surface area (Å²) in [5.74, 6) is 0.179. The van der Waals surface area contributed by atoms with Crippen molar-refractivity contribution in [1.29, 1.82) is 0 Å². The van der Waals surface area contributed by atoms with E-state index >= 15 is 0 Å². The lowest BCUT2D eigenvalue weighted by Gasteiger charge is -2.06. The van der Waals surface area contributed by atoms with Crippen molar-refractivity contribution in [3.63, 3.8) is 0 Å². The summed E-state index contributed by atoms with van der Waals surface area (Å²) in [7, 11) is 0. The molecule has 1 saturated heterocycles. The molecule has 1 aliphatic heterocycles. The Morgan fingerprint density at radius 3 is 2.57 bits per heavy atom. The van der Waals surface area contributed by atoms with E-state index in [0.717, 1.165) is 11.1 Å². The number of ether oxygens (including phenoxy) is 1. The predicted molar refractivity (Wildman–Crippen MR) is 119 cm³/mol. The van der Waals surface area contributed by atoms with E-state index in [1.165, 1.54) is 23.9 Å². The number of rotatable bonds is 5. The normalized spacial score (nSPS) is 16.1. The van der Waals surface area contributed by atoms with Gasteiger partial charge in [0, 0.05) is 5.02 Å². The molecule has 0 aliphatic carbocycles. The van der Waals surface area contributed by atoms with Crippen LogP contribution in [0.3, 0.4) is 0 Å². The number of nitrogens with zero attached hydrogens (tertiary/aromatic N) is 1. The average molecular weight is 439 g/mol. The monoisotopic (exact) mass is 438 g/mol. The number of amides is 1. The summed E-state index contributed by atoms with van der Waals surface area (Å²) in [5.41, 5.74) is 2.33. The predicted octanol–water partition coefficient (Wildman–Crippen LogP) is 5.95. The van der Waals surface area contributed by atoms with E-state index in [1.54, 1.807) is 42.5 Å². The Labute approximate surface area is 182 Å². The lowest BCUT2D eigenvalue weighted by molar-refractivity contribution is -0.115. The molecule has 0 saturated carbocycles. The second kappa shape index (κ2) is 9.15. The van der Waals surface area contributed by atoms with Crippen molar-refractivity contribution >= 4 is 46.2 Å². The van der Waals surface area contributed by atoms with Crippen LogP contribution in [0, 0.1) is 5.82 Å². The molecule has 1 amide bonds. The molecule has 3 aromatic carbocycles. The highest BCUT2D eigenvalue weighted by molar-refractivity contribution is 8.18. The van der Waals surface area contributed by atoms with Crippen LogP contribution in [0.15, 0.2) is 82.7 Å². The van der Waals surface area contributed by atoms with Gasteiger partial charge >= 0.3 is 0 Å². The van der Waals surface area contributed by atoms with Crippen LogP contribution in [0.4, 0.5) is 10.1 Å². The zero-order valence-electron chi connectivity index (χ0n) is 15.6. The number of benzene rings is 3. The van der Waals surface area contributed by atoms with Crippen molar-refractivity contribution in [2.24, 2.45) is 4.99 Å². The molecule has 1 aliphatic rings. The Balaban J connectivity index is 1.40.